The molecule has 2 atom stereocenters. The zero-order valence-corrected chi connectivity index (χ0v) is 18.8. The number of aliphatic hydroxyl groups excluding tert-OH is 1. The summed E-state index contributed by atoms with van der Waals surface area (Å²) in [6, 6.07) is 10.4. The third-order valence-corrected chi connectivity index (χ3v) is 7.14. The van der Waals surface area contributed by atoms with E-state index in [1.54, 1.807) is 14.2 Å². The van der Waals surface area contributed by atoms with Gasteiger partial charge >= 0.3 is 5.97 Å². The summed E-state index contributed by atoms with van der Waals surface area (Å²) in [5.41, 5.74) is 1.16. The van der Waals surface area contributed by atoms with E-state index in [2.05, 4.69) is 29.2 Å². The topological polar surface area (TPSA) is 79.2 Å². The van der Waals surface area contributed by atoms with Crippen LogP contribution in [0.4, 0.5) is 0 Å². The lowest BCUT2D eigenvalue weighted by Gasteiger charge is -2.36. The van der Waals surface area contributed by atoms with Crippen molar-refractivity contribution in [2.24, 2.45) is 0 Å². The minimum Gasteiger partial charge on any atom is -0.481 e. The van der Waals surface area contributed by atoms with Crippen LogP contribution in [-0.4, -0.2) is 66.3 Å². The monoisotopic (exact) mass is 431 g/mol. The molecular weight excluding hydrogens is 394 g/mol. The fourth-order valence-corrected chi connectivity index (χ4v) is 5.05. The molecule has 31 heavy (non-hydrogen) atoms. The van der Waals surface area contributed by atoms with Gasteiger partial charge < -0.3 is 19.7 Å². The minimum absolute atomic E-state index is 0.0669. The number of carbonyl (C=O) groups is 1. The maximum Gasteiger partial charge on any atom is 0.303 e. The first kappa shape index (κ1) is 23.9. The molecule has 0 aromatic heterocycles. The highest BCUT2D eigenvalue weighted by Crippen LogP contribution is 2.52. The molecule has 6 heteroatoms. The van der Waals surface area contributed by atoms with Gasteiger partial charge in [-0.05, 0) is 44.1 Å². The molecule has 2 aliphatic rings. The van der Waals surface area contributed by atoms with Crippen LogP contribution in [0.2, 0.25) is 0 Å². The number of methoxy groups -OCH3 is 2. The van der Waals surface area contributed by atoms with Crippen LogP contribution in [0.3, 0.4) is 0 Å². The number of carboxylic acids is 1. The Kier molecular flexibility index (Phi) is 8.28. The van der Waals surface area contributed by atoms with Gasteiger partial charge in [0.1, 0.15) is 0 Å². The predicted octanol–water partition coefficient (Wildman–Crippen LogP) is 3.73. The standard InChI is InChI=1S/C25H37NO5/c1-30-25(31-2)17-19-26(21(25)12-8-3-4-9-13-23(28)29)18-14-22(27)24(15-16-24)20-10-6-5-7-11-20/h3,5-8,10-11,21-22,27H,4,9,12-19H2,1-2H3,(H,28,29)/b8-3-. The van der Waals surface area contributed by atoms with Crippen molar-refractivity contribution >= 4 is 5.97 Å². The second-order valence-electron chi connectivity index (χ2n) is 8.84. The molecule has 0 spiro atoms. The molecule has 172 valence electrons. The molecule has 1 heterocycles. The molecule has 6 nitrogen and oxygen atoms in total. The second kappa shape index (κ2) is 10.7. The van der Waals surface area contributed by atoms with E-state index < -0.39 is 11.8 Å². The minimum atomic E-state index is -0.754. The lowest BCUT2D eigenvalue weighted by atomic mass is 9.88. The first-order chi connectivity index (χ1) is 15.0. The van der Waals surface area contributed by atoms with Gasteiger partial charge in [0.05, 0.1) is 12.1 Å². The van der Waals surface area contributed by atoms with Gasteiger partial charge in [-0.25, -0.2) is 0 Å². The Balaban J connectivity index is 1.58. The summed E-state index contributed by atoms with van der Waals surface area (Å²) < 4.78 is 11.6. The first-order valence-corrected chi connectivity index (χ1v) is 11.4. The van der Waals surface area contributed by atoms with E-state index in [-0.39, 0.29) is 24.0 Å². The van der Waals surface area contributed by atoms with Crippen molar-refractivity contribution in [2.75, 3.05) is 27.3 Å². The van der Waals surface area contributed by atoms with Crippen LogP contribution in [0.1, 0.15) is 56.9 Å². The van der Waals surface area contributed by atoms with E-state index in [1.807, 2.05) is 18.2 Å². The maximum atomic E-state index is 11.1. The Morgan fingerprint density at radius 3 is 2.52 bits per heavy atom. The van der Waals surface area contributed by atoms with Gasteiger partial charge in [0.2, 0.25) is 0 Å². The van der Waals surface area contributed by atoms with Crippen LogP contribution >= 0.6 is 0 Å². The van der Waals surface area contributed by atoms with Gasteiger partial charge in [0.25, 0.3) is 0 Å². The fraction of sp³-hybridized carbons (Fsp3) is 0.640. The van der Waals surface area contributed by atoms with Crippen LogP contribution in [0.5, 0.6) is 0 Å². The van der Waals surface area contributed by atoms with Crippen LogP contribution in [0.25, 0.3) is 0 Å². The number of carboxylic acid groups (broad SMARTS) is 1. The molecule has 0 amide bonds. The van der Waals surface area contributed by atoms with Crippen LogP contribution in [0, 0.1) is 0 Å². The summed E-state index contributed by atoms with van der Waals surface area (Å²) in [6.07, 6.45) is 9.77. The Labute approximate surface area is 185 Å². The van der Waals surface area contributed by atoms with Crippen molar-refractivity contribution in [3.05, 3.63) is 48.0 Å². The van der Waals surface area contributed by atoms with Crippen molar-refractivity contribution < 1.29 is 24.5 Å². The van der Waals surface area contributed by atoms with Crippen molar-refractivity contribution in [2.45, 2.75) is 74.7 Å². The molecule has 2 N–H and O–H groups in total. The molecule has 0 radical (unpaired) electrons. The quantitative estimate of drug-likeness (QED) is 0.281. The number of aliphatic hydroxyl groups is 1. The smallest absolute Gasteiger partial charge is 0.303 e. The molecule has 0 bridgehead atoms. The number of allylic oxidation sites excluding steroid dienone is 1. The fourth-order valence-electron chi connectivity index (χ4n) is 5.05. The van der Waals surface area contributed by atoms with Crippen molar-refractivity contribution in [3.8, 4) is 0 Å². The van der Waals surface area contributed by atoms with E-state index in [1.165, 1.54) is 5.56 Å². The largest absolute Gasteiger partial charge is 0.481 e. The summed E-state index contributed by atoms with van der Waals surface area (Å²) >= 11 is 0. The van der Waals surface area contributed by atoms with E-state index >= 15 is 0 Å². The molecule has 1 saturated carbocycles. The highest BCUT2D eigenvalue weighted by molar-refractivity contribution is 5.66. The molecule has 1 saturated heterocycles. The number of aliphatic carboxylic acids is 1. The van der Waals surface area contributed by atoms with E-state index in [0.717, 1.165) is 51.6 Å². The molecule has 2 unspecified atom stereocenters. The number of likely N-dealkylation sites (tertiary alicyclic amines) is 1. The SMILES string of the molecule is COC1(OC)CCN(CCC(O)C2(c3ccccc3)CC2)C1C/C=C\CCCC(=O)O. The predicted molar refractivity (Wildman–Crippen MR) is 120 cm³/mol. The number of hydrogen-bond donors (Lipinski definition) is 2. The summed E-state index contributed by atoms with van der Waals surface area (Å²) in [6.45, 7) is 1.66. The Hall–Kier alpha value is -1.73. The lowest BCUT2D eigenvalue weighted by Crippen LogP contribution is -2.48. The van der Waals surface area contributed by atoms with Gasteiger partial charge in [-0.2, -0.15) is 0 Å². The Bertz CT molecular complexity index is 727. The molecular formula is C25H37NO5. The van der Waals surface area contributed by atoms with Crippen molar-refractivity contribution in [1.82, 2.24) is 4.90 Å². The summed E-state index contributed by atoms with van der Waals surface area (Å²) in [5.74, 6) is -1.40. The summed E-state index contributed by atoms with van der Waals surface area (Å²) in [5, 5.41) is 19.8. The molecule has 1 aromatic rings. The first-order valence-electron chi connectivity index (χ1n) is 11.4. The zero-order chi connectivity index (χ0) is 22.3. The zero-order valence-electron chi connectivity index (χ0n) is 18.8. The molecule has 3 rings (SSSR count). The highest BCUT2D eigenvalue weighted by atomic mass is 16.7. The Morgan fingerprint density at radius 1 is 1.19 bits per heavy atom. The van der Waals surface area contributed by atoms with E-state index in [9.17, 15) is 9.90 Å². The number of rotatable bonds is 13. The van der Waals surface area contributed by atoms with E-state index in [4.69, 9.17) is 14.6 Å². The van der Waals surface area contributed by atoms with Gasteiger partial charge in [0, 0.05) is 45.6 Å². The molecule has 1 aliphatic heterocycles. The number of nitrogens with zero attached hydrogens (tertiary/aromatic N) is 1. The van der Waals surface area contributed by atoms with Crippen LogP contribution < -0.4 is 0 Å². The van der Waals surface area contributed by atoms with Crippen LogP contribution in [-0.2, 0) is 19.7 Å². The van der Waals surface area contributed by atoms with E-state index in [0.29, 0.717) is 6.42 Å². The number of unbranched alkanes of at least 4 members (excludes halogenated alkanes) is 1. The third kappa shape index (κ3) is 5.55. The van der Waals surface area contributed by atoms with Crippen molar-refractivity contribution in [3.63, 3.8) is 0 Å². The van der Waals surface area contributed by atoms with Gasteiger partial charge in [-0.15, -0.1) is 0 Å². The lowest BCUT2D eigenvalue weighted by molar-refractivity contribution is -0.218. The van der Waals surface area contributed by atoms with Gasteiger partial charge in [0.15, 0.2) is 5.79 Å². The molecule has 2 fully saturated rings. The average Bonchev–Trinajstić information content (AvgIpc) is 3.53. The average molecular weight is 432 g/mol. The third-order valence-electron chi connectivity index (χ3n) is 7.14. The Morgan fingerprint density at radius 2 is 1.90 bits per heavy atom. The number of benzene rings is 1. The molecule has 1 aliphatic carbocycles. The highest BCUT2D eigenvalue weighted by Gasteiger charge is 2.51. The number of hydrogen-bond acceptors (Lipinski definition) is 5. The van der Waals surface area contributed by atoms with Gasteiger partial charge in [-0.1, -0.05) is 42.5 Å². The summed E-state index contributed by atoms with van der Waals surface area (Å²) in [4.78, 5) is 13.0. The maximum absolute atomic E-state index is 11.1. The second-order valence-corrected chi connectivity index (χ2v) is 8.84. The normalized spacial score (nSPS) is 23.3. The van der Waals surface area contributed by atoms with Crippen molar-refractivity contribution in [1.29, 1.82) is 0 Å². The molecule has 1 aromatic carbocycles. The van der Waals surface area contributed by atoms with Gasteiger partial charge in [-0.3, -0.25) is 9.69 Å². The summed E-state index contributed by atoms with van der Waals surface area (Å²) in [7, 11) is 3.39. The van der Waals surface area contributed by atoms with Crippen LogP contribution in [0.15, 0.2) is 42.5 Å². The number of ether oxygens (including phenoxy) is 2.